The molecule has 0 saturated heterocycles. The summed E-state index contributed by atoms with van der Waals surface area (Å²) in [5, 5.41) is 9.14. The molecule has 0 unspecified atom stereocenters. The molecule has 0 aliphatic heterocycles. The summed E-state index contributed by atoms with van der Waals surface area (Å²) >= 11 is 5.58. The molecule has 1 aromatic heterocycles. The second-order valence-corrected chi connectivity index (χ2v) is 2.36. The summed E-state index contributed by atoms with van der Waals surface area (Å²) in [6.45, 7) is -0.0899. The molecule has 1 aromatic rings. The van der Waals surface area contributed by atoms with Gasteiger partial charge in [-0.2, -0.15) is 0 Å². The van der Waals surface area contributed by atoms with Crippen LogP contribution >= 0.6 is 11.6 Å². The SMILES string of the molecule is COc1cc(Cl)ncc1CO. The van der Waals surface area contributed by atoms with Crippen molar-refractivity contribution in [3.05, 3.63) is 23.0 Å². The van der Waals surface area contributed by atoms with Gasteiger partial charge in [-0.15, -0.1) is 0 Å². The minimum atomic E-state index is -0.0899. The highest BCUT2D eigenvalue weighted by molar-refractivity contribution is 6.29. The normalized spacial score (nSPS) is 9.73. The Morgan fingerprint density at radius 1 is 1.73 bits per heavy atom. The maximum absolute atomic E-state index is 8.78. The summed E-state index contributed by atoms with van der Waals surface area (Å²) in [6.07, 6.45) is 1.49. The predicted octanol–water partition coefficient (Wildman–Crippen LogP) is 1.24. The maximum Gasteiger partial charge on any atom is 0.132 e. The molecule has 0 radical (unpaired) electrons. The smallest absolute Gasteiger partial charge is 0.132 e. The van der Waals surface area contributed by atoms with E-state index < -0.39 is 0 Å². The van der Waals surface area contributed by atoms with Gasteiger partial charge in [-0.1, -0.05) is 11.6 Å². The molecular weight excluding hydrogens is 166 g/mol. The monoisotopic (exact) mass is 173 g/mol. The highest BCUT2D eigenvalue weighted by atomic mass is 35.5. The third-order valence-corrected chi connectivity index (χ3v) is 1.51. The largest absolute Gasteiger partial charge is 0.496 e. The van der Waals surface area contributed by atoms with Crippen LogP contribution in [-0.4, -0.2) is 17.2 Å². The molecule has 0 atom stereocenters. The van der Waals surface area contributed by atoms with E-state index in [4.69, 9.17) is 21.4 Å². The van der Waals surface area contributed by atoms with Crippen molar-refractivity contribution in [3.8, 4) is 5.75 Å². The summed E-state index contributed by atoms with van der Waals surface area (Å²) in [5.74, 6) is 0.563. The van der Waals surface area contributed by atoms with Gasteiger partial charge in [0, 0.05) is 17.8 Å². The molecule has 0 spiro atoms. The van der Waals surface area contributed by atoms with E-state index in [2.05, 4.69) is 4.98 Å². The van der Waals surface area contributed by atoms with Crippen LogP contribution in [0.25, 0.3) is 0 Å². The van der Waals surface area contributed by atoms with Crippen LogP contribution < -0.4 is 4.74 Å². The molecule has 0 bridgehead atoms. The van der Waals surface area contributed by atoms with Crippen molar-refractivity contribution >= 4 is 11.6 Å². The summed E-state index contributed by atoms with van der Waals surface area (Å²) in [5.41, 5.74) is 0.636. The average molecular weight is 174 g/mol. The van der Waals surface area contributed by atoms with Crippen LogP contribution in [0.5, 0.6) is 5.75 Å². The summed E-state index contributed by atoms with van der Waals surface area (Å²) in [7, 11) is 1.52. The number of aliphatic hydroxyl groups excluding tert-OH is 1. The Labute approximate surface area is 69.6 Å². The molecule has 0 aromatic carbocycles. The van der Waals surface area contributed by atoms with Crippen molar-refractivity contribution in [2.75, 3.05) is 7.11 Å². The Kier molecular flexibility index (Phi) is 2.68. The lowest BCUT2D eigenvalue weighted by Gasteiger charge is -2.04. The Hall–Kier alpha value is -0.800. The first kappa shape index (κ1) is 8.30. The molecule has 1 N–H and O–H groups in total. The van der Waals surface area contributed by atoms with Gasteiger partial charge in [0.05, 0.1) is 13.7 Å². The van der Waals surface area contributed by atoms with E-state index in [0.717, 1.165) is 0 Å². The van der Waals surface area contributed by atoms with Gasteiger partial charge in [0.25, 0.3) is 0 Å². The van der Waals surface area contributed by atoms with Crippen molar-refractivity contribution in [1.82, 2.24) is 4.98 Å². The molecule has 3 nitrogen and oxygen atoms in total. The van der Waals surface area contributed by atoms with Crippen LogP contribution in [0.15, 0.2) is 12.3 Å². The van der Waals surface area contributed by atoms with Crippen molar-refractivity contribution in [2.45, 2.75) is 6.61 Å². The number of ether oxygens (including phenoxy) is 1. The summed E-state index contributed by atoms with van der Waals surface area (Å²) in [6, 6.07) is 1.56. The second kappa shape index (κ2) is 3.55. The predicted molar refractivity (Wildman–Crippen MR) is 41.7 cm³/mol. The molecule has 0 aliphatic rings. The van der Waals surface area contributed by atoms with E-state index in [1.54, 1.807) is 6.07 Å². The van der Waals surface area contributed by atoms with Gasteiger partial charge < -0.3 is 9.84 Å². The number of aromatic nitrogens is 1. The van der Waals surface area contributed by atoms with Gasteiger partial charge in [0.2, 0.25) is 0 Å². The quantitative estimate of drug-likeness (QED) is 0.685. The first-order chi connectivity index (χ1) is 5.27. The zero-order valence-corrected chi connectivity index (χ0v) is 6.80. The molecule has 0 amide bonds. The average Bonchev–Trinajstić information content (AvgIpc) is 2.04. The molecule has 0 saturated carbocycles. The van der Waals surface area contributed by atoms with Crippen LogP contribution in [0.3, 0.4) is 0 Å². The maximum atomic E-state index is 8.78. The van der Waals surface area contributed by atoms with E-state index in [0.29, 0.717) is 16.5 Å². The van der Waals surface area contributed by atoms with Crippen molar-refractivity contribution in [2.24, 2.45) is 0 Å². The van der Waals surface area contributed by atoms with E-state index in [1.165, 1.54) is 13.3 Å². The number of methoxy groups -OCH3 is 1. The van der Waals surface area contributed by atoms with E-state index >= 15 is 0 Å². The number of rotatable bonds is 2. The Morgan fingerprint density at radius 2 is 2.45 bits per heavy atom. The summed E-state index contributed by atoms with van der Waals surface area (Å²) < 4.78 is 4.93. The number of nitrogens with zero attached hydrogens (tertiary/aromatic N) is 1. The van der Waals surface area contributed by atoms with E-state index in [9.17, 15) is 0 Å². The van der Waals surface area contributed by atoms with Gasteiger partial charge in [-0.05, 0) is 0 Å². The number of halogens is 1. The first-order valence-corrected chi connectivity index (χ1v) is 3.45. The topological polar surface area (TPSA) is 42.4 Å². The standard InChI is InChI=1S/C7H8ClNO2/c1-11-6-2-7(8)9-3-5(6)4-10/h2-3,10H,4H2,1H3. The third kappa shape index (κ3) is 1.82. The Bertz CT molecular complexity index is 252. The molecule has 11 heavy (non-hydrogen) atoms. The second-order valence-electron chi connectivity index (χ2n) is 1.98. The Morgan fingerprint density at radius 3 is 3.00 bits per heavy atom. The molecule has 1 rings (SSSR count). The minimum Gasteiger partial charge on any atom is -0.496 e. The van der Waals surface area contributed by atoms with Crippen LogP contribution in [0, 0.1) is 0 Å². The molecule has 1 heterocycles. The van der Waals surface area contributed by atoms with Crippen molar-refractivity contribution in [1.29, 1.82) is 0 Å². The molecule has 4 heteroatoms. The number of aliphatic hydroxyl groups is 1. The number of hydrogen-bond donors (Lipinski definition) is 1. The lowest BCUT2D eigenvalue weighted by atomic mass is 10.3. The molecular formula is C7H8ClNO2. The first-order valence-electron chi connectivity index (χ1n) is 3.07. The number of pyridine rings is 1. The third-order valence-electron chi connectivity index (χ3n) is 1.30. The van der Waals surface area contributed by atoms with Gasteiger partial charge in [-0.3, -0.25) is 0 Å². The minimum absolute atomic E-state index is 0.0899. The fourth-order valence-corrected chi connectivity index (χ4v) is 0.898. The number of hydrogen-bond acceptors (Lipinski definition) is 3. The fraction of sp³-hybridized carbons (Fsp3) is 0.286. The van der Waals surface area contributed by atoms with Crippen LogP contribution in [0.2, 0.25) is 5.15 Å². The van der Waals surface area contributed by atoms with Crippen LogP contribution in [0.4, 0.5) is 0 Å². The van der Waals surface area contributed by atoms with E-state index in [-0.39, 0.29) is 6.61 Å². The molecule has 60 valence electrons. The van der Waals surface area contributed by atoms with Gasteiger partial charge in [0.1, 0.15) is 10.9 Å². The van der Waals surface area contributed by atoms with Crippen LogP contribution in [-0.2, 0) is 6.61 Å². The van der Waals surface area contributed by atoms with Crippen molar-refractivity contribution < 1.29 is 9.84 Å². The zero-order valence-electron chi connectivity index (χ0n) is 6.04. The Balaban J connectivity index is 3.06. The van der Waals surface area contributed by atoms with Crippen LogP contribution in [0.1, 0.15) is 5.56 Å². The van der Waals surface area contributed by atoms with Gasteiger partial charge >= 0.3 is 0 Å². The lowest BCUT2D eigenvalue weighted by molar-refractivity contribution is 0.273. The summed E-state index contributed by atoms with van der Waals surface area (Å²) in [4.78, 5) is 3.78. The van der Waals surface area contributed by atoms with E-state index in [1.807, 2.05) is 0 Å². The van der Waals surface area contributed by atoms with Gasteiger partial charge in [0.15, 0.2) is 0 Å². The highest BCUT2D eigenvalue weighted by Crippen LogP contribution is 2.20. The lowest BCUT2D eigenvalue weighted by Crippen LogP contribution is -1.92. The highest BCUT2D eigenvalue weighted by Gasteiger charge is 2.01. The van der Waals surface area contributed by atoms with Gasteiger partial charge in [-0.25, -0.2) is 4.98 Å². The fourth-order valence-electron chi connectivity index (χ4n) is 0.750. The molecule has 0 fully saturated rings. The zero-order chi connectivity index (χ0) is 8.27. The molecule has 0 aliphatic carbocycles. The van der Waals surface area contributed by atoms with Crippen molar-refractivity contribution in [3.63, 3.8) is 0 Å².